The molecule has 0 radical (unpaired) electrons. The zero-order valence-electron chi connectivity index (χ0n) is 31.8. The number of rotatable bonds is 15. The van der Waals surface area contributed by atoms with Crippen molar-refractivity contribution in [1.82, 2.24) is 24.3 Å². The fraction of sp³-hybridized carbons (Fsp3) is 0.333. The van der Waals surface area contributed by atoms with Crippen molar-refractivity contribution in [1.29, 1.82) is 0 Å². The first-order valence-corrected chi connectivity index (χ1v) is 20.7. The Balaban J connectivity index is 1.36. The van der Waals surface area contributed by atoms with Crippen LogP contribution in [0.15, 0.2) is 83.8 Å². The molecule has 14 heteroatoms. The third-order valence-electron chi connectivity index (χ3n) is 9.91. The monoisotopic (exact) mass is 799 g/mol. The lowest BCUT2D eigenvalue weighted by Crippen LogP contribution is -2.37. The van der Waals surface area contributed by atoms with Crippen LogP contribution in [0, 0.1) is 6.92 Å². The second-order valence-electron chi connectivity index (χ2n) is 13.8. The summed E-state index contributed by atoms with van der Waals surface area (Å²) in [4.78, 5) is 45.4. The van der Waals surface area contributed by atoms with Gasteiger partial charge in [0.1, 0.15) is 12.4 Å². The molecule has 5 aromatic rings. The van der Waals surface area contributed by atoms with Crippen LogP contribution in [-0.2, 0) is 23.0 Å². The van der Waals surface area contributed by atoms with Crippen molar-refractivity contribution < 1.29 is 32.6 Å². The van der Waals surface area contributed by atoms with Gasteiger partial charge in [-0.05, 0) is 90.6 Å². The minimum Gasteiger partial charge on any atom is -0.491 e. The van der Waals surface area contributed by atoms with Crippen molar-refractivity contribution >= 4 is 50.1 Å². The van der Waals surface area contributed by atoms with E-state index in [4.69, 9.17) is 21.4 Å². The average Bonchev–Trinajstić information content (AvgIpc) is 3.51. The number of carbonyl (C=O) groups is 3. The Morgan fingerprint density at radius 1 is 0.929 bits per heavy atom. The number of hydrogen-bond donors (Lipinski definition) is 2. The molecule has 6 rings (SSSR count). The molecule has 0 aliphatic carbocycles. The number of ether oxygens (including phenoxy) is 1. The van der Waals surface area contributed by atoms with E-state index in [0.717, 1.165) is 42.2 Å². The highest BCUT2D eigenvalue weighted by molar-refractivity contribution is 7.90. The third kappa shape index (κ3) is 8.75. The maximum Gasteiger partial charge on any atom is 0.275 e. The highest BCUT2D eigenvalue weighted by Crippen LogP contribution is 2.30. The minimum absolute atomic E-state index is 0.0667. The van der Waals surface area contributed by atoms with E-state index in [1.165, 1.54) is 35.0 Å². The van der Waals surface area contributed by atoms with Crippen LogP contribution in [0.5, 0.6) is 5.75 Å². The number of hydrogen-bond acceptors (Lipinski definition) is 8. The predicted octanol–water partition coefficient (Wildman–Crippen LogP) is 6.72. The van der Waals surface area contributed by atoms with E-state index in [9.17, 15) is 22.8 Å². The molecule has 1 aromatic heterocycles. The Bertz CT molecular complexity index is 2370. The third-order valence-corrected chi connectivity index (χ3v) is 11.7. The van der Waals surface area contributed by atoms with Crippen LogP contribution < -0.4 is 9.46 Å². The first-order chi connectivity index (χ1) is 26.9. The predicted molar refractivity (Wildman–Crippen MR) is 215 cm³/mol. The van der Waals surface area contributed by atoms with E-state index in [0.29, 0.717) is 49.4 Å². The van der Waals surface area contributed by atoms with Gasteiger partial charge in [-0.2, -0.15) is 5.10 Å². The van der Waals surface area contributed by atoms with Crippen molar-refractivity contribution in [2.24, 2.45) is 0 Å². The lowest BCUT2D eigenvalue weighted by Gasteiger charge is -2.29. The normalized spacial score (nSPS) is 12.7. The molecule has 56 heavy (non-hydrogen) atoms. The molecule has 0 spiro atoms. The number of sulfonamides is 1. The molecule has 0 bridgehead atoms. The zero-order chi connectivity index (χ0) is 40.0. The second kappa shape index (κ2) is 17.7. The van der Waals surface area contributed by atoms with Crippen LogP contribution >= 0.6 is 11.6 Å². The fourth-order valence-corrected chi connectivity index (χ4v) is 7.96. The van der Waals surface area contributed by atoms with Gasteiger partial charge in [0.2, 0.25) is 0 Å². The summed E-state index contributed by atoms with van der Waals surface area (Å²) in [6.07, 6.45) is 4.11. The molecule has 0 fully saturated rings. The van der Waals surface area contributed by atoms with Gasteiger partial charge in [-0.25, -0.2) is 17.8 Å². The molecule has 4 aromatic carbocycles. The number of nitrogens with zero attached hydrogens (tertiary/aromatic N) is 4. The molecule has 0 atom stereocenters. The van der Waals surface area contributed by atoms with Crippen LogP contribution in [0.1, 0.15) is 87.6 Å². The topological polar surface area (TPSA) is 151 Å². The van der Waals surface area contributed by atoms with E-state index >= 15 is 0 Å². The van der Waals surface area contributed by atoms with Gasteiger partial charge in [0, 0.05) is 31.7 Å². The number of carbonyl (C=O) groups excluding carboxylic acids is 3. The van der Waals surface area contributed by atoms with Crippen LogP contribution in [0.2, 0.25) is 5.02 Å². The molecular formula is C42H46ClN5O7S. The Kier molecular flexibility index (Phi) is 12.8. The van der Waals surface area contributed by atoms with Crippen LogP contribution in [0.4, 0.5) is 0 Å². The Labute approximate surface area is 332 Å². The Hall–Kier alpha value is -5.24. The van der Waals surface area contributed by atoms with Crippen molar-refractivity contribution in [2.75, 3.05) is 32.8 Å². The lowest BCUT2D eigenvalue weighted by molar-refractivity contribution is 0.0732. The molecule has 2 N–H and O–H groups in total. The number of aliphatic hydroxyl groups excluding tert-OH is 1. The molecule has 1 aliphatic heterocycles. The molecule has 0 saturated carbocycles. The smallest absolute Gasteiger partial charge is 0.275 e. The Morgan fingerprint density at radius 2 is 1.64 bits per heavy atom. The van der Waals surface area contributed by atoms with Crippen LogP contribution in [-0.4, -0.2) is 83.7 Å². The summed E-state index contributed by atoms with van der Waals surface area (Å²) >= 11 is 6.81. The van der Waals surface area contributed by atoms with Gasteiger partial charge in [-0.15, -0.1) is 0 Å². The summed E-state index contributed by atoms with van der Waals surface area (Å²) in [6.45, 7) is 7.60. The molecule has 2 heterocycles. The molecule has 1 aliphatic rings. The largest absolute Gasteiger partial charge is 0.491 e. The summed E-state index contributed by atoms with van der Waals surface area (Å²) in [5.74, 6) is -1.19. The van der Waals surface area contributed by atoms with Crippen LogP contribution in [0.3, 0.4) is 0 Å². The summed E-state index contributed by atoms with van der Waals surface area (Å²) in [6, 6.07) is 21.8. The van der Waals surface area contributed by atoms with Gasteiger partial charge < -0.3 is 19.6 Å². The van der Waals surface area contributed by atoms with E-state index < -0.39 is 21.8 Å². The van der Waals surface area contributed by atoms with Gasteiger partial charge in [-0.3, -0.25) is 14.4 Å². The van der Waals surface area contributed by atoms with E-state index in [1.807, 2.05) is 24.3 Å². The Morgan fingerprint density at radius 3 is 2.36 bits per heavy atom. The number of nitrogens with one attached hydrogen (secondary N) is 1. The summed E-state index contributed by atoms with van der Waals surface area (Å²) in [5.41, 5.74) is 2.95. The number of halogens is 1. The van der Waals surface area contributed by atoms with Gasteiger partial charge in [0.05, 0.1) is 33.5 Å². The maximum absolute atomic E-state index is 14.5. The quantitative estimate of drug-likeness (QED) is 0.119. The number of unbranched alkanes of at least 4 members (excludes halogenated alkanes) is 2. The zero-order valence-corrected chi connectivity index (χ0v) is 33.3. The number of amides is 3. The van der Waals surface area contributed by atoms with Gasteiger partial charge >= 0.3 is 0 Å². The molecule has 0 saturated heterocycles. The average molecular weight is 800 g/mol. The van der Waals surface area contributed by atoms with Crippen LogP contribution in [0.25, 0.3) is 16.5 Å². The van der Waals surface area contributed by atoms with E-state index in [-0.39, 0.29) is 51.5 Å². The van der Waals surface area contributed by atoms with Gasteiger partial charge in [0.15, 0.2) is 5.69 Å². The lowest BCUT2D eigenvalue weighted by atomic mass is 9.98. The van der Waals surface area contributed by atoms with E-state index in [2.05, 4.69) is 23.7 Å². The first-order valence-electron chi connectivity index (χ1n) is 18.8. The number of fused-ring (bicyclic) bond motifs is 2. The van der Waals surface area contributed by atoms with Crippen molar-refractivity contribution in [3.63, 3.8) is 0 Å². The summed E-state index contributed by atoms with van der Waals surface area (Å²) in [5, 5.41) is 15.2. The highest BCUT2D eigenvalue weighted by Gasteiger charge is 2.30. The standard InChI is InChI=1S/C42H46ClN5O7S/c1-4-6-19-46(20-7-5-2)42(52)39-38(43)28(3)48(44-39)37-17-14-31(26-36(37)41(51)47-21-18-29-10-8-9-11-32(29)27-47)40(50)45-56(53,54)35-16-13-30-12-15-34(55-23-22-49)24-33(30)25-35/h8-17,24-26,49H,4-7,18-23,27H2,1-3H3,(H,45,50). The van der Waals surface area contributed by atoms with Crippen molar-refractivity contribution in [2.45, 2.75) is 64.3 Å². The van der Waals surface area contributed by atoms with Gasteiger partial charge in [-0.1, -0.05) is 74.7 Å². The molecule has 294 valence electrons. The maximum atomic E-state index is 14.5. The number of aromatic nitrogens is 2. The molecular weight excluding hydrogens is 754 g/mol. The molecule has 12 nitrogen and oxygen atoms in total. The minimum atomic E-state index is -4.37. The number of aliphatic hydroxyl groups is 1. The van der Waals surface area contributed by atoms with Gasteiger partial charge in [0.25, 0.3) is 27.7 Å². The summed E-state index contributed by atoms with van der Waals surface area (Å²) in [7, 11) is -4.37. The number of benzene rings is 4. The second-order valence-corrected chi connectivity index (χ2v) is 15.9. The highest BCUT2D eigenvalue weighted by atomic mass is 35.5. The fourth-order valence-electron chi connectivity index (χ4n) is 6.75. The molecule has 3 amide bonds. The first kappa shape index (κ1) is 40.4. The van der Waals surface area contributed by atoms with Crippen molar-refractivity contribution in [3.8, 4) is 11.4 Å². The molecule has 0 unspecified atom stereocenters. The SMILES string of the molecule is CCCCN(CCCC)C(=O)c1nn(-c2ccc(C(=O)NS(=O)(=O)c3ccc4ccc(OCCO)cc4c3)cc2C(=O)N2CCc3ccccc3C2)c(C)c1Cl. The van der Waals surface area contributed by atoms with E-state index in [1.54, 1.807) is 41.0 Å². The summed E-state index contributed by atoms with van der Waals surface area (Å²) < 4.78 is 36.3. The van der Waals surface area contributed by atoms with Crippen molar-refractivity contribution in [3.05, 3.63) is 118 Å².